The number of amides is 1. The van der Waals surface area contributed by atoms with E-state index in [0.29, 0.717) is 12.4 Å². The molecule has 3 N–H and O–H groups in total. The minimum Gasteiger partial charge on any atom is -0.329 e. The molecule has 1 amide bonds. The van der Waals surface area contributed by atoms with Crippen molar-refractivity contribution >= 4 is 11.7 Å². The summed E-state index contributed by atoms with van der Waals surface area (Å²) in [5, 5.41) is 2.81. The van der Waals surface area contributed by atoms with Gasteiger partial charge in [-0.05, 0) is 12.8 Å². The Hall–Kier alpha value is -1.49. The highest BCUT2D eigenvalue weighted by molar-refractivity contribution is 5.94. The lowest BCUT2D eigenvalue weighted by Gasteiger charge is -2.34. The lowest BCUT2D eigenvalue weighted by molar-refractivity contribution is -0.126. The van der Waals surface area contributed by atoms with Gasteiger partial charge in [0.15, 0.2) is 5.82 Å². The van der Waals surface area contributed by atoms with Crippen molar-refractivity contribution in [3.05, 3.63) is 18.6 Å². The molecule has 0 radical (unpaired) electrons. The van der Waals surface area contributed by atoms with Crippen LogP contribution in [0, 0.1) is 5.41 Å². The molecule has 0 aromatic carbocycles. The van der Waals surface area contributed by atoms with Crippen molar-refractivity contribution in [1.82, 2.24) is 9.97 Å². The highest BCUT2D eigenvalue weighted by atomic mass is 16.2. The normalized spacial score (nSPS) is 18.6. The molecule has 5 nitrogen and oxygen atoms in total. The molecule has 5 heteroatoms. The van der Waals surface area contributed by atoms with Crippen molar-refractivity contribution in [3.63, 3.8) is 0 Å². The Labute approximate surface area is 101 Å². The smallest absolute Gasteiger partial charge is 0.233 e. The molecule has 17 heavy (non-hydrogen) atoms. The number of hydrogen-bond acceptors (Lipinski definition) is 4. The number of nitrogens with zero attached hydrogens (tertiary/aromatic N) is 2. The van der Waals surface area contributed by atoms with E-state index in [2.05, 4.69) is 15.3 Å². The van der Waals surface area contributed by atoms with Crippen LogP contribution in [-0.2, 0) is 4.79 Å². The molecule has 0 saturated heterocycles. The molecular formula is C12H18N4O. The molecule has 0 spiro atoms. The zero-order valence-corrected chi connectivity index (χ0v) is 9.85. The Bertz CT molecular complexity index is 373. The van der Waals surface area contributed by atoms with Crippen LogP contribution in [0.2, 0.25) is 0 Å². The van der Waals surface area contributed by atoms with Gasteiger partial charge in [-0.1, -0.05) is 19.3 Å². The molecule has 1 aliphatic carbocycles. The lowest BCUT2D eigenvalue weighted by Crippen LogP contribution is -2.44. The second-order valence-corrected chi connectivity index (χ2v) is 4.59. The zero-order chi connectivity index (χ0) is 12.1. The Balaban J connectivity index is 2.07. The number of rotatable bonds is 3. The van der Waals surface area contributed by atoms with E-state index >= 15 is 0 Å². The van der Waals surface area contributed by atoms with E-state index in [4.69, 9.17) is 5.73 Å². The fourth-order valence-corrected chi connectivity index (χ4v) is 2.36. The summed E-state index contributed by atoms with van der Waals surface area (Å²) in [6.07, 6.45) is 9.77. The highest BCUT2D eigenvalue weighted by Gasteiger charge is 2.38. The van der Waals surface area contributed by atoms with Crippen LogP contribution in [0.4, 0.5) is 5.82 Å². The van der Waals surface area contributed by atoms with Crippen LogP contribution in [0.25, 0.3) is 0 Å². The quantitative estimate of drug-likeness (QED) is 0.826. The summed E-state index contributed by atoms with van der Waals surface area (Å²) < 4.78 is 0. The first kappa shape index (κ1) is 12.0. The maximum Gasteiger partial charge on any atom is 0.233 e. The molecule has 1 aromatic heterocycles. The standard InChI is InChI=1S/C12H18N4O/c13-9-12(4-2-1-3-5-12)11(17)16-10-8-14-6-7-15-10/h6-8H,1-5,9,13H2,(H,15,16,17). The maximum absolute atomic E-state index is 12.3. The number of aromatic nitrogens is 2. The Morgan fingerprint density at radius 3 is 2.71 bits per heavy atom. The molecule has 92 valence electrons. The third-order valence-electron chi connectivity index (χ3n) is 3.49. The molecule has 0 atom stereocenters. The molecule has 1 saturated carbocycles. The predicted octanol–water partition coefficient (Wildman–Crippen LogP) is 1.32. The number of carbonyl (C=O) groups excluding carboxylic acids is 1. The van der Waals surface area contributed by atoms with Gasteiger partial charge in [-0.15, -0.1) is 0 Å². The number of hydrogen-bond donors (Lipinski definition) is 2. The Morgan fingerprint density at radius 1 is 1.35 bits per heavy atom. The van der Waals surface area contributed by atoms with E-state index < -0.39 is 5.41 Å². The first-order valence-corrected chi connectivity index (χ1v) is 6.04. The molecule has 2 rings (SSSR count). The van der Waals surface area contributed by atoms with Crippen molar-refractivity contribution < 1.29 is 4.79 Å². The molecule has 1 aromatic rings. The fourth-order valence-electron chi connectivity index (χ4n) is 2.36. The van der Waals surface area contributed by atoms with Crippen LogP contribution < -0.4 is 11.1 Å². The topological polar surface area (TPSA) is 80.9 Å². The molecule has 0 unspecified atom stereocenters. The molecule has 1 aliphatic rings. The highest BCUT2D eigenvalue weighted by Crippen LogP contribution is 2.36. The summed E-state index contributed by atoms with van der Waals surface area (Å²) in [7, 11) is 0. The van der Waals surface area contributed by atoms with Crippen molar-refractivity contribution in [2.75, 3.05) is 11.9 Å². The first-order valence-electron chi connectivity index (χ1n) is 6.04. The second-order valence-electron chi connectivity index (χ2n) is 4.59. The van der Waals surface area contributed by atoms with E-state index in [1.165, 1.54) is 6.42 Å². The van der Waals surface area contributed by atoms with Gasteiger partial charge in [0, 0.05) is 18.9 Å². The van der Waals surface area contributed by atoms with Crippen molar-refractivity contribution in [1.29, 1.82) is 0 Å². The van der Waals surface area contributed by atoms with Crippen LogP contribution >= 0.6 is 0 Å². The Morgan fingerprint density at radius 2 is 2.12 bits per heavy atom. The predicted molar refractivity (Wildman–Crippen MR) is 65.2 cm³/mol. The van der Waals surface area contributed by atoms with Crippen LogP contribution in [0.5, 0.6) is 0 Å². The van der Waals surface area contributed by atoms with E-state index in [0.717, 1.165) is 25.7 Å². The second kappa shape index (κ2) is 5.23. The third kappa shape index (κ3) is 2.61. The van der Waals surface area contributed by atoms with Gasteiger partial charge in [0.2, 0.25) is 5.91 Å². The van der Waals surface area contributed by atoms with E-state index in [9.17, 15) is 4.79 Å². The third-order valence-corrected chi connectivity index (χ3v) is 3.49. The van der Waals surface area contributed by atoms with E-state index in [1.807, 2.05) is 0 Å². The summed E-state index contributed by atoms with van der Waals surface area (Å²) in [5.74, 6) is 0.482. The van der Waals surface area contributed by atoms with Crippen molar-refractivity contribution in [2.45, 2.75) is 32.1 Å². The minimum atomic E-state index is -0.407. The SMILES string of the molecule is NCC1(C(=O)Nc2cnccn2)CCCCC1. The average molecular weight is 234 g/mol. The molecule has 0 aliphatic heterocycles. The van der Waals surface area contributed by atoms with Gasteiger partial charge in [-0.3, -0.25) is 9.78 Å². The largest absolute Gasteiger partial charge is 0.329 e. The van der Waals surface area contributed by atoms with Crippen LogP contribution in [0.3, 0.4) is 0 Å². The van der Waals surface area contributed by atoms with Crippen LogP contribution in [0.15, 0.2) is 18.6 Å². The van der Waals surface area contributed by atoms with Crippen molar-refractivity contribution in [3.8, 4) is 0 Å². The number of carbonyl (C=O) groups is 1. The average Bonchev–Trinajstić information content (AvgIpc) is 2.40. The summed E-state index contributed by atoms with van der Waals surface area (Å²) in [6, 6.07) is 0. The van der Waals surface area contributed by atoms with Gasteiger partial charge in [-0.25, -0.2) is 4.98 Å². The van der Waals surface area contributed by atoms with Gasteiger partial charge < -0.3 is 11.1 Å². The maximum atomic E-state index is 12.3. The minimum absolute atomic E-state index is 0.0137. The lowest BCUT2D eigenvalue weighted by atomic mass is 9.73. The number of nitrogens with two attached hydrogens (primary N) is 1. The summed E-state index contributed by atoms with van der Waals surface area (Å²) >= 11 is 0. The molecule has 0 bridgehead atoms. The number of nitrogens with one attached hydrogen (secondary N) is 1. The van der Waals surface area contributed by atoms with Gasteiger partial charge in [0.1, 0.15) is 0 Å². The Kier molecular flexibility index (Phi) is 3.68. The van der Waals surface area contributed by atoms with Crippen LogP contribution in [0.1, 0.15) is 32.1 Å². The van der Waals surface area contributed by atoms with E-state index in [-0.39, 0.29) is 5.91 Å². The van der Waals surface area contributed by atoms with Crippen molar-refractivity contribution in [2.24, 2.45) is 11.1 Å². The fraction of sp³-hybridized carbons (Fsp3) is 0.583. The number of anilines is 1. The monoisotopic (exact) mass is 234 g/mol. The summed E-state index contributed by atoms with van der Waals surface area (Å²) in [5.41, 5.74) is 5.39. The van der Waals surface area contributed by atoms with Crippen LogP contribution in [-0.4, -0.2) is 22.4 Å². The molecule has 1 fully saturated rings. The zero-order valence-electron chi connectivity index (χ0n) is 9.85. The van der Waals surface area contributed by atoms with E-state index in [1.54, 1.807) is 18.6 Å². The van der Waals surface area contributed by atoms with Gasteiger partial charge in [0.05, 0.1) is 11.6 Å². The summed E-state index contributed by atoms with van der Waals surface area (Å²) in [6.45, 7) is 0.402. The molecule has 1 heterocycles. The first-order chi connectivity index (χ1) is 8.27. The summed E-state index contributed by atoms with van der Waals surface area (Å²) in [4.78, 5) is 20.2. The van der Waals surface area contributed by atoms with Gasteiger partial charge in [-0.2, -0.15) is 0 Å². The van der Waals surface area contributed by atoms with Gasteiger partial charge in [0.25, 0.3) is 0 Å². The van der Waals surface area contributed by atoms with Gasteiger partial charge >= 0.3 is 0 Å². The molecular weight excluding hydrogens is 216 g/mol.